The number of rotatable bonds is 4. The molecule has 94 valence electrons. The van der Waals surface area contributed by atoms with Crippen LogP contribution in [0.1, 0.15) is 0 Å². The molecule has 0 spiro atoms. The van der Waals surface area contributed by atoms with Crippen LogP contribution in [-0.4, -0.2) is 55.5 Å². The van der Waals surface area contributed by atoms with Gasteiger partial charge in [0.2, 0.25) is 11.9 Å². The van der Waals surface area contributed by atoms with E-state index in [4.69, 9.17) is 5.73 Å². The van der Waals surface area contributed by atoms with Gasteiger partial charge in [-0.25, -0.2) is 0 Å². The van der Waals surface area contributed by atoms with E-state index in [0.717, 1.165) is 0 Å². The molecule has 17 heavy (non-hydrogen) atoms. The van der Waals surface area contributed by atoms with Crippen molar-refractivity contribution in [3.8, 4) is 0 Å². The zero-order valence-corrected chi connectivity index (χ0v) is 10.6. The molecule has 0 atom stereocenters. The van der Waals surface area contributed by atoms with Crippen LogP contribution in [0.5, 0.6) is 0 Å². The summed E-state index contributed by atoms with van der Waals surface area (Å²) in [5.41, 5.74) is 5.58. The molecule has 0 aliphatic carbocycles. The molecule has 0 saturated carbocycles. The van der Waals surface area contributed by atoms with Crippen LogP contribution in [0.4, 0.5) is 17.6 Å². The first-order chi connectivity index (χ1) is 7.93. The number of nitrogens with two attached hydrogens (primary N) is 1. The maximum atomic E-state index is 11.6. The number of hydrogen-bond acceptors (Lipinski definition) is 6. The second kappa shape index (κ2) is 5.33. The van der Waals surface area contributed by atoms with Gasteiger partial charge >= 0.3 is 0 Å². The van der Waals surface area contributed by atoms with Crippen molar-refractivity contribution in [2.45, 2.75) is 0 Å². The van der Waals surface area contributed by atoms with Gasteiger partial charge in [-0.1, -0.05) is 0 Å². The maximum absolute atomic E-state index is 11.6. The third-order valence-corrected chi connectivity index (χ3v) is 2.25. The van der Waals surface area contributed by atoms with Crippen molar-refractivity contribution in [3.05, 3.63) is 6.07 Å². The fourth-order valence-electron chi connectivity index (χ4n) is 1.20. The van der Waals surface area contributed by atoms with Gasteiger partial charge in [0.05, 0.1) is 6.54 Å². The first kappa shape index (κ1) is 13.0. The Balaban J connectivity index is 2.84. The molecule has 0 aliphatic rings. The van der Waals surface area contributed by atoms with Gasteiger partial charge in [0.25, 0.3) is 0 Å². The van der Waals surface area contributed by atoms with E-state index in [0.29, 0.717) is 11.6 Å². The normalized spacial score (nSPS) is 9.88. The van der Waals surface area contributed by atoms with Crippen LogP contribution in [0.25, 0.3) is 0 Å². The smallest absolute Gasteiger partial charge is 0.241 e. The van der Waals surface area contributed by atoms with Crippen LogP contribution >= 0.6 is 0 Å². The quantitative estimate of drug-likeness (QED) is 0.744. The Morgan fingerprint density at radius 2 is 2.06 bits per heavy atom. The number of nitrogen functional groups attached to an aromatic ring is 1. The summed E-state index contributed by atoms with van der Waals surface area (Å²) in [7, 11) is 6.95. The number of anilines is 3. The van der Waals surface area contributed by atoms with Crippen molar-refractivity contribution in [1.82, 2.24) is 14.9 Å². The molecule has 0 radical (unpaired) electrons. The number of amides is 1. The van der Waals surface area contributed by atoms with Gasteiger partial charge in [-0.15, -0.1) is 0 Å². The number of carbonyl (C=O) groups is 1. The second-order valence-electron chi connectivity index (χ2n) is 3.86. The predicted octanol–water partition coefficient (Wildman–Crippen LogP) is -0.375. The van der Waals surface area contributed by atoms with Crippen LogP contribution in [0.15, 0.2) is 6.07 Å². The van der Waals surface area contributed by atoms with E-state index in [9.17, 15) is 4.79 Å². The average Bonchev–Trinajstić information content (AvgIpc) is 2.27. The number of likely N-dealkylation sites (N-methyl/N-ethyl adjacent to an activating group) is 2. The minimum atomic E-state index is -0.00399. The van der Waals surface area contributed by atoms with Crippen molar-refractivity contribution in [3.63, 3.8) is 0 Å². The van der Waals surface area contributed by atoms with E-state index in [1.165, 1.54) is 4.90 Å². The van der Waals surface area contributed by atoms with Crippen molar-refractivity contribution >= 4 is 23.5 Å². The van der Waals surface area contributed by atoms with E-state index in [-0.39, 0.29) is 18.4 Å². The molecule has 1 rings (SSSR count). The Bertz CT molecular complexity index is 406. The standard InChI is InChI=1S/C10H18N6O/c1-12-7-5-8(14-10(11)13-7)16(4)6-9(17)15(2)3/h5H,6H2,1-4H3,(H3,11,12,13,14). The van der Waals surface area contributed by atoms with Crippen LogP contribution in [0.3, 0.4) is 0 Å². The minimum Gasteiger partial charge on any atom is -0.373 e. The Morgan fingerprint density at radius 1 is 1.41 bits per heavy atom. The lowest BCUT2D eigenvalue weighted by atomic mass is 10.4. The molecule has 0 fully saturated rings. The number of nitrogens with one attached hydrogen (secondary N) is 1. The van der Waals surface area contributed by atoms with E-state index in [2.05, 4.69) is 15.3 Å². The third-order valence-electron chi connectivity index (χ3n) is 2.25. The summed E-state index contributed by atoms with van der Waals surface area (Å²) >= 11 is 0. The second-order valence-corrected chi connectivity index (χ2v) is 3.86. The molecule has 7 heteroatoms. The molecule has 0 bridgehead atoms. The molecule has 1 aromatic heterocycles. The number of aromatic nitrogens is 2. The van der Waals surface area contributed by atoms with Crippen molar-refractivity contribution in [2.75, 3.05) is 50.7 Å². The van der Waals surface area contributed by atoms with Crippen LogP contribution in [0, 0.1) is 0 Å². The molecule has 0 saturated heterocycles. The molecule has 1 heterocycles. The highest BCUT2D eigenvalue weighted by Crippen LogP contribution is 2.15. The molecule has 1 aromatic rings. The lowest BCUT2D eigenvalue weighted by Crippen LogP contribution is -2.34. The number of nitrogens with zero attached hydrogens (tertiary/aromatic N) is 4. The molecule has 3 N–H and O–H groups in total. The van der Waals surface area contributed by atoms with Crippen molar-refractivity contribution < 1.29 is 4.79 Å². The summed E-state index contributed by atoms with van der Waals surface area (Å²) in [5, 5.41) is 2.89. The number of hydrogen-bond donors (Lipinski definition) is 2. The SMILES string of the molecule is CNc1cc(N(C)CC(=O)N(C)C)nc(N)n1. The van der Waals surface area contributed by atoms with Crippen molar-refractivity contribution in [1.29, 1.82) is 0 Å². The first-order valence-corrected chi connectivity index (χ1v) is 5.17. The molecule has 1 amide bonds. The van der Waals surface area contributed by atoms with Crippen molar-refractivity contribution in [2.24, 2.45) is 0 Å². The monoisotopic (exact) mass is 238 g/mol. The van der Waals surface area contributed by atoms with Gasteiger partial charge in [0.1, 0.15) is 11.6 Å². The van der Waals surface area contributed by atoms with Gasteiger partial charge in [0.15, 0.2) is 0 Å². The van der Waals surface area contributed by atoms with E-state index in [1.807, 2.05) is 0 Å². The number of carbonyl (C=O) groups excluding carboxylic acids is 1. The largest absolute Gasteiger partial charge is 0.373 e. The van der Waals surface area contributed by atoms with Gasteiger partial charge < -0.3 is 20.9 Å². The van der Waals surface area contributed by atoms with Crippen LogP contribution < -0.4 is 16.0 Å². The lowest BCUT2D eigenvalue weighted by Gasteiger charge is -2.20. The van der Waals surface area contributed by atoms with E-state index >= 15 is 0 Å². The summed E-state index contributed by atoms with van der Waals surface area (Å²) in [6.07, 6.45) is 0. The Labute approximate surface area is 101 Å². The molecule has 7 nitrogen and oxygen atoms in total. The zero-order chi connectivity index (χ0) is 13.0. The zero-order valence-electron chi connectivity index (χ0n) is 10.6. The van der Waals surface area contributed by atoms with E-state index < -0.39 is 0 Å². The van der Waals surface area contributed by atoms with Crippen LogP contribution in [-0.2, 0) is 4.79 Å². The molecular weight excluding hydrogens is 220 g/mol. The highest BCUT2D eigenvalue weighted by Gasteiger charge is 2.11. The Kier molecular flexibility index (Phi) is 4.08. The summed E-state index contributed by atoms with van der Waals surface area (Å²) in [6, 6.07) is 1.74. The van der Waals surface area contributed by atoms with E-state index in [1.54, 1.807) is 39.2 Å². The molecule has 0 aromatic carbocycles. The van der Waals surface area contributed by atoms with Gasteiger partial charge in [-0.2, -0.15) is 9.97 Å². The fourth-order valence-corrected chi connectivity index (χ4v) is 1.20. The maximum Gasteiger partial charge on any atom is 0.241 e. The Morgan fingerprint density at radius 3 is 2.59 bits per heavy atom. The Hall–Kier alpha value is -2.05. The average molecular weight is 238 g/mol. The minimum absolute atomic E-state index is 0.00399. The summed E-state index contributed by atoms with van der Waals surface area (Å²) < 4.78 is 0. The molecular formula is C10H18N6O. The van der Waals surface area contributed by atoms with Crippen LogP contribution in [0.2, 0.25) is 0 Å². The third kappa shape index (κ3) is 3.47. The lowest BCUT2D eigenvalue weighted by molar-refractivity contribution is -0.127. The summed E-state index contributed by atoms with van der Waals surface area (Å²) in [6.45, 7) is 0.243. The molecule has 0 unspecified atom stereocenters. The highest BCUT2D eigenvalue weighted by molar-refractivity contribution is 5.80. The fraction of sp³-hybridized carbons (Fsp3) is 0.500. The van der Waals surface area contributed by atoms with Gasteiger partial charge in [-0.05, 0) is 0 Å². The summed E-state index contributed by atoms with van der Waals surface area (Å²) in [5.74, 6) is 1.40. The first-order valence-electron chi connectivity index (χ1n) is 5.17. The molecule has 0 aliphatic heterocycles. The predicted molar refractivity (Wildman–Crippen MR) is 68.0 cm³/mol. The van der Waals surface area contributed by atoms with Gasteiger partial charge in [0, 0.05) is 34.3 Å². The highest BCUT2D eigenvalue weighted by atomic mass is 16.2. The topological polar surface area (TPSA) is 87.4 Å². The summed E-state index contributed by atoms with van der Waals surface area (Å²) in [4.78, 5) is 22.9. The van der Waals surface area contributed by atoms with Gasteiger partial charge in [-0.3, -0.25) is 4.79 Å².